The number of esters is 1. The number of hydrogen-bond donors (Lipinski definition) is 0. The molecule has 1 heterocycles. The topological polar surface area (TPSA) is 52.6 Å². The van der Waals surface area contributed by atoms with Crippen LogP contribution >= 0.6 is 0 Å². The van der Waals surface area contributed by atoms with E-state index in [9.17, 15) is 9.59 Å². The van der Waals surface area contributed by atoms with E-state index in [2.05, 4.69) is 11.3 Å². The van der Waals surface area contributed by atoms with Crippen LogP contribution in [0.25, 0.3) is 0 Å². The molecule has 0 spiro atoms. The first-order valence-corrected chi connectivity index (χ1v) is 4.13. The predicted octanol–water partition coefficient (Wildman–Crippen LogP) is 0.977. The largest absolute Gasteiger partial charge is 0.479 e. The maximum Gasteiger partial charge on any atom is 0.345 e. The number of Topliss-reactive ketones (excluding diaryl/α,β-unsaturated/α-hetero) is 1. The highest BCUT2D eigenvalue weighted by Gasteiger charge is 2.45. The van der Waals surface area contributed by atoms with Crippen molar-refractivity contribution in [1.82, 2.24) is 0 Å². The number of ether oxygens (including phenoxy) is 2. The number of allylic oxidation sites excluding steroid dienone is 1. The van der Waals surface area contributed by atoms with Crippen molar-refractivity contribution in [2.75, 3.05) is 7.11 Å². The second-order valence-corrected chi connectivity index (χ2v) is 3.17. The molecule has 0 aromatic carbocycles. The summed E-state index contributed by atoms with van der Waals surface area (Å²) < 4.78 is 9.74. The van der Waals surface area contributed by atoms with Crippen LogP contribution in [0.2, 0.25) is 0 Å². The second-order valence-electron chi connectivity index (χ2n) is 3.17. The van der Waals surface area contributed by atoms with Crippen LogP contribution < -0.4 is 0 Å². The lowest BCUT2D eigenvalue weighted by molar-refractivity contribution is -0.138. The van der Waals surface area contributed by atoms with Gasteiger partial charge in [0.15, 0.2) is 5.60 Å². The molecule has 1 aliphatic heterocycles. The van der Waals surface area contributed by atoms with Crippen LogP contribution in [0.3, 0.4) is 0 Å². The molecule has 0 N–H and O–H groups in total. The Morgan fingerprint density at radius 2 is 2.21 bits per heavy atom. The Hall–Kier alpha value is -1.58. The molecule has 4 heteroatoms. The van der Waals surface area contributed by atoms with Gasteiger partial charge < -0.3 is 9.47 Å². The van der Waals surface area contributed by atoms with E-state index in [4.69, 9.17) is 4.74 Å². The van der Waals surface area contributed by atoms with Crippen molar-refractivity contribution in [2.45, 2.75) is 19.4 Å². The maximum atomic E-state index is 11.7. The molecule has 0 bridgehead atoms. The zero-order valence-corrected chi connectivity index (χ0v) is 8.42. The van der Waals surface area contributed by atoms with Crippen LogP contribution in [0, 0.1) is 0 Å². The third kappa shape index (κ3) is 1.32. The van der Waals surface area contributed by atoms with Crippen LogP contribution in [0.4, 0.5) is 0 Å². The molecule has 14 heavy (non-hydrogen) atoms. The first kappa shape index (κ1) is 10.5. The van der Waals surface area contributed by atoms with Gasteiger partial charge in [0.05, 0.1) is 7.11 Å². The molecule has 1 aliphatic rings. The molecule has 0 radical (unpaired) electrons. The van der Waals surface area contributed by atoms with Gasteiger partial charge in [-0.1, -0.05) is 6.58 Å². The van der Waals surface area contributed by atoms with Gasteiger partial charge in [-0.3, -0.25) is 4.79 Å². The van der Waals surface area contributed by atoms with E-state index in [1.165, 1.54) is 13.2 Å². The molecular formula is C10H12O4. The summed E-state index contributed by atoms with van der Waals surface area (Å²) in [6.45, 7) is 6.61. The van der Waals surface area contributed by atoms with Gasteiger partial charge in [0.25, 0.3) is 0 Å². The Labute approximate surface area is 82.2 Å². The Bertz CT molecular complexity index is 340. The normalized spacial score (nSPS) is 26.1. The van der Waals surface area contributed by atoms with Gasteiger partial charge in [-0.25, -0.2) is 4.79 Å². The molecule has 0 unspecified atom stereocenters. The van der Waals surface area contributed by atoms with Crippen LogP contribution in [0.5, 0.6) is 0 Å². The van der Waals surface area contributed by atoms with E-state index in [-0.39, 0.29) is 11.3 Å². The van der Waals surface area contributed by atoms with E-state index >= 15 is 0 Å². The molecule has 1 atom stereocenters. The molecule has 0 aromatic heterocycles. The summed E-state index contributed by atoms with van der Waals surface area (Å²) in [5.41, 5.74) is -1.16. The lowest BCUT2D eigenvalue weighted by Gasteiger charge is -2.17. The first-order chi connectivity index (χ1) is 6.46. The fourth-order valence-corrected chi connectivity index (χ4v) is 1.30. The highest BCUT2D eigenvalue weighted by Crippen LogP contribution is 2.31. The van der Waals surface area contributed by atoms with Crippen LogP contribution in [-0.4, -0.2) is 24.5 Å². The molecule has 0 aliphatic carbocycles. The van der Waals surface area contributed by atoms with Crippen LogP contribution in [-0.2, 0) is 19.1 Å². The molecule has 0 saturated heterocycles. The Morgan fingerprint density at radius 1 is 1.64 bits per heavy atom. The van der Waals surface area contributed by atoms with Crippen molar-refractivity contribution in [3.63, 3.8) is 0 Å². The van der Waals surface area contributed by atoms with Gasteiger partial charge in [-0.15, -0.1) is 0 Å². The molecule has 1 rings (SSSR count). The summed E-state index contributed by atoms with van der Waals surface area (Å²) in [4.78, 5) is 22.9. The standard InChI is InChI=1S/C10H12O4/c1-5-10(3)8(11)7(6(2)14-10)9(12)13-4/h5H,1H2,2-4H3/t10-/m0/s1. The van der Waals surface area contributed by atoms with E-state index < -0.39 is 17.4 Å². The number of ketones is 1. The summed E-state index contributed by atoms with van der Waals surface area (Å²) in [6, 6.07) is 0. The third-order valence-electron chi connectivity index (χ3n) is 2.17. The Balaban J connectivity index is 3.10. The summed E-state index contributed by atoms with van der Waals surface area (Å²) in [5.74, 6) is -0.792. The first-order valence-electron chi connectivity index (χ1n) is 4.13. The minimum absolute atomic E-state index is 0.0325. The summed E-state index contributed by atoms with van der Waals surface area (Å²) in [7, 11) is 1.22. The fraction of sp³-hybridized carbons (Fsp3) is 0.400. The van der Waals surface area contributed by atoms with Crippen molar-refractivity contribution < 1.29 is 19.1 Å². The van der Waals surface area contributed by atoms with Crippen molar-refractivity contribution in [1.29, 1.82) is 0 Å². The van der Waals surface area contributed by atoms with Gasteiger partial charge >= 0.3 is 5.97 Å². The highest BCUT2D eigenvalue weighted by molar-refractivity contribution is 6.22. The number of hydrogen-bond acceptors (Lipinski definition) is 4. The van der Waals surface area contributed by atoms with E-state index in [1.807, 2.05) is 0 Å². The molecule has 76 valence electrons. The minimum Gasteiger partial charge on any atom is -0.479 e. The van der Waals surface area contributed by atoms with Gasteiger partial charge in [-0.05, 0) is 19.9 Å². The van der Waals surface area contributed by atoms with Crippen molar-refractivity contribution >= 4 is 11.8 Å². The average Bonchev–Trinajstić information content (AvgIpc) is 2.38. The second kappa shape index (κ2) is 3.29. The number of methoxy groups -OCH3 is 1. The van der Waals surface area contributed by atoms with E-state index in [0.717, 1.165) is 0 Å². The lowest BCUT2D eigenvalue weighted by atomic mass is 9.97. The van der Waals surface area contributed by atoms with Gasteiger partial charge in [0.2, 0.25) is 5.78 Å². The van der Waals surface area contributed by atoms with Gasteiger partial charge in [-0.2, -0.15) is 0 Å². The van der Waals surface area contributed by atoms with Crippen LogP contribution in [0.15, 0.2) is 24.0 Å². The van der Waals surface area contributed by atoms with Crippen molar-refractivity contribution in [3.8, 4) is 0 Å². The van der Waals surface area contributed by atoms with Crippen molar-refractivity contribution in [3.05, 3.63) is 24.0 Å². The number of carbonyl (C=O) groups is 2. The van der Waals surface area contributed by atoms with Gasteiger partial charge in [0.1, 0.15) is 11.3 Å². The van der Waals surface area contributed by atoms with E-state index in [0.29, 0.717) is 0 Å². The highest BCUT2D eigenvalue weighted by atomic mass is 16.5. The Morgan fingerprint density at radius 3 is 2.57 bits per heavy atom. The zero-order chi connectivity index (χ0) is 10.9. The van der Waals surface area contributed by atoms with Crippen LogP contribution in [0.1, 0.15) is 13.8 Å². The monoisotopic (exact) mass is 196 g/mol. The third-order valence-corrected chi connectivity index (χ3v) is 2.17. The number of rotatable bonds is 2. The van der Waals surface area contributed by atoms with Crippen molar-refractivity contribution in [2.24, 2.45) is 0 Å². The molecule has 0 saturated carbocycles. The fourth-order valence-electron chi connectivity index (χ4n) is 1.30. The molecule has 0 aromatic rings. The smallest absolute Gasteiger partial charge is 0.345 e. The zero-order valence-electron chi connectivity index (χ0n) is 8.42. The summed E-state index contributed by atoms with van der Waals surface area (Å²) >= 11 is 0. The van der Waals surface area contributed by atoms with E-state index in [1.54, 1.807) is 13.8 Å². The Kier molecular flexibility index (Phi) is 2.47. The molecule has 0 amide bonds. The molecule has 4 nitrogen and oxygen atoms in total. The summed E-state index contributed by atoms with van der Waals surface area (Å²) in [6.07, 6.45) is 1.37. The predicted molar refractivity (Wildman–Crippen MR) is 49.4 cm³/mol. The van der Waals surface area contributed by atoms with Gasteiger partial charge in [0, 0.05) is 0 Å². The maximum absolute atomic E-state index is 11.7. The lowest BCUT2D eigenvalue weighted by Crippen LogP contribution is -2.32. The quantitative estimate of drug-likeness (QED) is 0.375. The minimum atomic E-state index is -1.13. The average molecular weight is 196 g/mol. The SMILES string of the molecule is C=C[C@]1(C)OC(C)=C(C(=O)OC)C1=O. The molecule has 0 fully saturated rings. The number of carbonyl (C=O) groups excluding carboxylic acids is 2. The summed E-state index contributed by atoms with van der Waals surface area (Å²) in [5, 5.41) is 0. The molecular weight excluding hydrogens is 184 g/mol.